The summed E-state index contributed by atoms with van der Waals surface area (Å²) in [5, 5.41) is 0. The summed E-state index contributed by atoms with van der Waals surface area (Å²) in [6, 6.07) is 9.68. The summed E-state index contributed by atoms with van der Waals surface area (Å²) in [5.41, 5.74) is 0.0958. The van der Waals surface area contributed by atoms with Crippen LogP contribution in [0, 0.1) is 0 Å². The van der Waals surface area contributed by atoms with Crippen molar-refractivity contribution in [3.8, 4) is 0 Å². The van der Waals surface area contributed by atoms with Crippen LogP contribution in [0.2, 0.25) is 0 Å². The molecule has 1 unspecified atom stereocenters. The fraction of sp³-hybridized carbons (Fsp3) is 0.474. The predicted octanol–water partition coefficient (Wildman–Crippen LogP) is 3.42. The number of carbonyl (C=O) groups excluding carboxylic acids is 2. The molecule has 0 N–H and O–H groups in total. The maximum absolute atomic E-state index is 12.7. The van der Waals surface area contributed by atoms with Crippen molar-refractivity contribution >= 4 is 18.0 Å². The average molecular weight is 315 g/mol. The van der Waals surface area contributed by atoms with Crippen LogP contribution >= 0.6 is 0 Å². The van der Waals surface area contributed by atoms with Crippen molar-refractivity contribution in [2.24, 2.45) is 0 Å². The maximum Gasteiger partial charge on any atom is 0.331 e. The molecule has 1 aliphatic rings. The zero-order valence-corrected chi connectivity index (χ0v) is 14.0. The van der Waals surface area contributed by atoms with Crippen LogP contribution in [0.1, 0.15) is 45.1 Å². The first kappa shape index (κ1) is 17.3. The normalized spacial score (nSPS) is 21.9. The Morgan fingerprint density at radius 2 is 1.96 bits per heavy atom. The summed E-state index contributed by atoms with van der Waals surface area (Å²) in [6.45, 7) is 4.54. The smallest absolute Gasteiger partial charge is 0.331 e. The van der Waals surface area contributed by atoms with Gasteiger partial charge in [0.2, 0.25) is 5.91 Å². The summed E-state index contributed by atoms with van der Waals surface area (Å²) in [6.07, 6.45) is 6.87. The zero-order valence-electron chi connectivity index (χ0n) is 14.0. The van der Waals surface area contributed by atoms with Crippen LogP contribution in [-0.4, -0.2) is 35.5 Å². The van der Waals surface area contributed by atoms with E-state index in [4.69, 9.17) is 4.74 Å². The SMILES string of the molecule is CCOC(=O)C1(C)CCCCCN1C(=O)/C=C/c1ccccc1. The minimum atomic E-state index is -0.870. The van der Waals surface area contributed by atoms with E-state index in [0.717, 1.165) is 24.8 Å². The largest absolute Gasteiger partial charge is 0.464 e. The number of ether oxygens (including phenoxy) is 1. The molecule has 0 saturated carbocycles. The zero-order chi connectivity index (χ0) is 16.7. The first-order valence-corrected chi connectivity index (χ1v) is 8.30. The number of likely N-dealkylation sites (tertiary alicyclic amines) is 1. The van der Waals surface area contributed by atoms with E-state index in [1.54, 1.807) is 24.0 Å². The van der Waals surface area contributed by atoms with E-state index in [0.29, 0.717) is 19.6 Å². The molecule has 4 nitrogen and oxygen atoms in total. The Hall–Kier alpha value is -2.10. The third-order valence-electron chi connectivity index (χ3n) is 4.34. The number of amides is 1. The van der Waals surface area contributed by atoms with Crippen LogP contribution in [0.4, 0.5) is 0 Å². The molecule has 1 aromatic carbocycles. The van der Waals surface area contributed by atoms with Gasteiger partial charge in [-0.25, -0.2) is 4.79 Å². The van der Waals surface area contributed by atoms with Gasteiger partial charge >= 0.3 is 5.97 Å². The Bertz CT molecular complexity index is 567. The van der Waals surface area contributed by atoms with E-state index >= 15 is 0 Å². The highest BCUT2D eigenvalue weighted by molar-refractivity contribution is 5.96. The van der Waals surface area contributed by atoms with Crippen molar-refractivity contribution in [2.75, 3.05) is 13.2 Å². The summed E-state index contributed by atoms with van der Waals surface area (Å²) < 4.78 is 5.23. The molecular weight excluding hydrogens is 290 g/mol. The van der Waals surface area contributed by atoms with Crippen LogP contribution in [0.5, 0.6) is 0 Å². The molecule has 124 valence electrons. The number of hydrogen-bond acceptors (Lipinski definition) is 3. The van der Waals surface area contributed by atoms with E-state index < -0.39 is 5.54 Å². The first-order chi connectivity index (χ1) is 11.1. The first-order valence-electron chi connectivity index (χ1n) is 8.30. The second kappa shape index (κ2) is 7.95. The van der Waals surface area contributed by atoms with Crippen LogP contribution in [0.15, 0.2) is 36.4 Å². The molecule has 1 fully saturated rings. The lowest BCUT2D eigenvalue weighted by molar-refractivity contribution is -0.161. The number of benzene rings is 1. The third kappa shape index (κ3) is 4.21. The number of nitrogens with zero attached hydrogens (tertiary/aromatic N) is 1. The molecule has 4 heteroatoms. The van der Waals surface area contributed by atoms with Gasteiger partial charge in [0, 0.05) is 12.6 Å². The van der Waals surface area contributed by atoms with Gasteiger partial charge in [-0.05, 0) is 38.3 Å². The topological polar surface area (TPSA) is 46.6 Å². The number of hydrogen-bond donors (Lipinski definition) is 0. The molecule has 1 aliphatic heterocycles. The quantitative estimate of drug-likeness (QED) is 0.632. The van der Waals surface area contributed by atoms with Gasteiger partial charge in [-0.15, -0.1) is 0 Å². The number of rotatable bonds is 4. The van der Waals surface area contributed by atoms with Gasteiger partial charge in [-0.2, -0.15) is 0 Å². The van der Waals surface area contributed by atoms with Crippen LogP contribution in [-0.2, 0) is 14.3 Å². The second-order valence-electron chi connectivity index (χ2n) is 6.04. The summed E-state index contributed by atoms with van der Waals surface area (Å²) in [4.78, 5) is 26.8. The van der Waals surface area contributed by atoms with Gasteiger partial charge in [0.05, 0.1) is 6.61 Å². The van der Waals surface area contributed by atoms with Crippen molar-refractivity contribution in [3.05, 3.63) is 42.0 Å². The molecule has 0 aliphatic carbocycles. The Morgan fingerprint density at radius 3 is 2.65 bits per heavy atom. The van der Waals surface area contributed by atoms with Crippen molar-refractivity contribution in [2.45, 2.75) is 45.1 Å². The monoisotopic (exact) mass is 315 g/mol. The van der Waals surface area contributed by atoms with E-state index in [9.17, 15) is 9.59 Å². The van der Waals surface area contributed by atoms with Crippen molar-refractivity contribution < 1.29 is 14.3 Å². The molecule has 0 spiro atoms. The Balaban J connectivity index is 2.19. The lowest BCUT2D eigenvalue weighted by atomic mass is 9.94. The molecule has 2 rings (SSSR count). The lowest BCUT2D eigenvalue weighted by Gasteiger charge is -2.37. The molecule has 1 saturated heterocycles. The minimum Gasteiger partial charge on any atom is -0.464 e. The summed E-state index contributed by atoms with van der Waals surface area (Å²) >= 11 is 0. The van der Waals surface area contributed by atoms with E-state index in [1.807, 2.05) is 37.3 Å². The Morgan fingerprint density at radius 1 is 1.22 bits per heavy atom. The van der Waals surface area contributed by atoms with Gasteiger partial charge in [-0.1, -0.05) is 43.2 Å². The lowest BCUT2D eigenvalue weighted by Crippen LogP contribution is -2.55. The number of esters is 1. The Labute approximate surface area is 138 Å². The predicted molar refractivity (Wildman–Crippen MR) is 90.7 cm³/mol. The standard InChI is InChI=1S/C19H25NO3/c1-3-23-18(22)19(2)14-8-5-9-15-20(19)17(21)13-12-16-10-6-4-7-11-16/h4,6-7,10-13H,3,5,8-9,14-15H2,1-2H3/b13-12+. The van der Waals surface area contributed by atoms with Gasteiger partial charge in [0.25, 0.3) is 0 Å². The highest BCUT2D eigenvalue weighted by Gasteiger charge is 2.43. The second-order valence-corrected chi connectivity index (χ2v) is 6.04. The summed E-state index contributed by atoms with van der Waals surface area (Å²) in [5.74, 6) is -0.435. The van der Waals surface area contributed by atoms with Gasteiger partial charge in [-0.3, -0.25) is 4.79 Å². The average Bonchev–Trinajstić information content (AvgIpc) is 2.76. The van der Waals surface area contributed by atoms with E-state index in [2.05, 4.69) is 0 Å². The van der Waals surface area contributed by atoms with Gasteiger partial charge in [0.15, 0.2) is 0 Å². The van der Waals surface area contributed by atoms with E-state index in [1.165, 1.54) is 0 Å². The number of carbonyl (C=O) groups is 2. The molecule has 1 amide bonds. The molecule has 0 aromatic heterocycles. The Kier molecular flexibility index (Phi) is 5.97. The van der Waals surface area contributed by atoms with Crippen molar-refractivity contribution in [1.82, 2.24) is 4.90 Å². The maximum atomic E-state index is 12.7. The van der Waals surface area contributed by atoms with Gasteiger partial charge in [0.1, 0.15) is 5.54 Å². The molecule has 0 radical (unpaired) electrons. The van der Waals surface area contributed by atoms with Crippen molar-refractivity contribution in [1.29, 1.82) is 0 Å². The summed E-state index contributed by atoms with van der Waals surface area (Å²) in [7, 11) is 0. The fourth-order valence-corrected chi connectivity index (χ4v) is 2.97. The highest BCUT2D eigenvalue weighted by Crippen LogP contribution is 2.29. The van der Waals surface area contributed by atoms with Crippen LogP contribution < -0.4 is 0 Å². The van der Waals surface area contributed by atoms with Crippen molar-refractivity contribution in [3.63, 3.8) is 0 Å². The molecule has 0 bridgehead atoms. The van der Waals surface area contributed by atoms with Crippen LogP contribution in [0.25, 0.3) is 6.08 Å². The minimum absolute atomic E-state index is 0.133. The molecule has 1 aromatic rings. The molecular formula is C19H25NO3. The van der Waals surface area contributed by atoms with Crippen LogP contribution in [0.3, 0.4) is 0 Å². The highest BCUT2D eigenvalue weighted by atomic mass is 16.5. The molecule has 23 heavy (non-hydrogen) atoms. The fourth-order valence-electron chi connectivity index (χ4n) is 2.97. The molecule has 1 heterocycles. The third-order valence-corrected chi connectivity index (χ3v) is 4.34. The molecule has 1 atom stereocenters. The van der Waals surface area contributed by atoms with E-state index in [-0.39, 0.29) is 11.9 Å². The van der Waals surface area contributed by atoms with Gasteiger partial charge < -0.3 is 9.64 Å².